The molecule has 0 aliphatic heterocycles. The lowest BCUT2D eigenvalue weighted by Crippen LogP contribution is -2.21. The monoisotopic (exact) mass is 243 g/mol. The number of benzene rings is 1. The summed E-state index contributed by atoms with van der Waals surface area (Å²) < 4.78 is 5.05. The van der Waals surface area contributed by atoms with E-state index < -0.39 is 0 Å². The molecule has 0 heterocycles. The summed E-state index contributed by atoms with van der Waals surface area (Å²) in [5, 5.41) is 13.1. The molecule has 1 unspecified atom stereocenters. The number of aromatic hydroxyl groups is 1. The summed E-state index contributed by atoms with van der Waals surface area (Å²) >= 11 is 5.90. The first-order valence-electron chi connectivity index (χ1n) is 5.31. The number of hydrogen-bond donors (Lipinski definition) is 2. The lowest BCUT2D eigenvalue weighted by Gasteiger charge is -2.11. The highest BCUT2D eigenvalue weighted by Crippen LogP contribution is 2.35. The molecule has 0 radical (unpaired) electrons. The Balaban J connectivity index is 2.78. The van der Waals surface area contributed by atoms with E-state index in [1.54, 1.807) is 6.07 Å². The molecular formula is C12H18ClNO2. The third-order valence-electron chi connectivity index (χ3n) is 2.67. The third-order valence-corrected chi connectivity index (χ3v) is 2.96. The second-order valence-corrected chi connectivity index (χ2v) is 4.26. The Bertz CT molecular complexity index is 355. The van der Waals surface area contributed by atoms with E-state index in [2.05, 4.69) is 12.2 Å². The minimum atomic E-state index is 0.00887. The van der Waals surface area contributed by atoms with Crippen molar-refractivity contribution in [2.75, 3.05) is 14.2 Å². The average molecular weight is 244 g/mol. The van der Waals surface area contributed by atoms with Crippen LogP contribution in [0.4, 0.5) is 0 Å². The molecule has 3 nitrogen and oxygen atoms in total. The number of rotatable bonds is 5. The van der Waals surface area contributed by atoms with E-state index in [0.717, 1.165) is 18.4 Å². The summed E-state index contributed by atoms with van der Waals surface area (Å²) in [4.78, 5) is 0. The van der Waals surface area contributed by atoms with Crippen molar-refractivity contribution in [3.8, 4) is 11.5 Å². The standard InChI is InChI=1S/C12H18ClNO2/c1-8(14-2)4-5-9-6-10(13)12(15)11(7-9)16-3/h6-8,14-15H,4-5H2,1-3H3. The Labute approximate surface area is 101 Å². The molecule has 0 saturated heterocycles. The molecule has 1 rings (SSSR count). The molecule has 0 saturated carbocycles. The fourth-order valence-electron chi connectivity index (χ4n) is 1.45. The molecule has 0 aromatic heterocycles. The minimum Gasteiger partial charge on any atom is -0.503 e. The summed E-state index contributed by atoms with van der Waals surface area (Å²) in [6.07, 6.45) is 1.92. The summed E-state index contributed by atoms with van der Waals surface area (Å²) in [6.45, 7) is 2.12. The van der Waals surface area contributed by atoms with Crippen molar-refractivity contribution in [3.63, 3.8) is 0 Å². The maximum Gasteiger partial charge on any atom is 0.176 e. The van der Waals surface area contributed by atoms with Crippen molar-refractivity contribution < 1.29 is 9.84 Å². The highest BCUT2D eigenvalue weighted by atomic mass is 35.5. The highest BCUT2D eigenvalue weighted by Gasteiger charge is 2.09. The SMILES string of the molecule is CNC(C)CCc1cc(Cl)c(O)c(OC)c1. The molecule has 16 heavy (non-hydrogen) atoms. The Morgan fingerprint density at radius 3 is 2.75 bits per heavy atom. The molecule has 1 aromatic carbocycles. The summed E-state index contributed by atoms with van der Waals surface area (Å²) in [5.41, 5.74) is 1.07. The lowest BCUT2D eigenvalue weighted by molar-refractivity contribution is 0.373. The molecule has 0 amide bonds. The molecule has 0 spiro atoms. The predicted molar refractivity (Wildman–Crippen MR) is 66.5 cm³/mol. The largest absolute Gasteiger partial charge is 0.503 e. The smallest absolute Gasteiger partial charge is 0.176 e. The number of halogens is 1. The van der Waals surface area contributed by atoms with E-state index in [-0.39, 0.29) is 5.75 Å². The van der Waals surface area contributed by atoms with Gasteiger partial charge in [-0.15, -0.1) is 0 Å². The van der Waals surface area contributed by atoms with Crippen molar-refractivity contribution in [2.24, 2.45) is 0 Å². The van der Waals surface area contributed by atoms with Gasteiger partial charge in [-0.1, -0.05) is 11.6 Å². The van der Waals surface area contributed by atoms with Gasteiger partial charge in [0.15, 0.2) is 11.5 Å². The van der Waals surface area contributed by atoms with E-state index in [1.807, 2.05) is 13.1 Å². The van der Waals surface area contributed by atoms with Crippen LogP contribution in [-0.4, -0.2) is 25.3 Å². The first kappa shape index (κ1) is 13.1. The maximum atomic E-state index is 9.58. The van der Waals surface area contributed by atoms with Crippen LogP contribution in [0.15, 0.2) is 12.1 Å². The van der Waals surface area contributed by atoms with E-state index in [0.29, 0.717) is 16.8 Å². The molecule has 0 fully saturated rings. The molecule has 0 aliphatic carbocycles. The zero-order valence-electron chi connectivity index (χ0n) is 9.88. The first-order chi connectivity index (χ1) is 7.58. The first-order valence-corrected chi connectivity index (χ1v) is 5.69. The van der Waals surface area contributed by atoms with Gasteiger partial charge in [0.05, 0.1) is 12.1 Å². The molecule has 0 bridgehead atoms. The van der Waals surface area contributed by atoms with Crippen LogP contribution in [0.3, 0.4) is 0 Å². The number of aryl methyl sites for hydroxylation is 1. The Hall–Kier alpha value is -0.930. The van der Waals surface area contributed by atoms with Crippen LogP contribution in [0.5, 0.6) is 11.5 Å². The van der Waals surface area contributed by atoms with Crippen molar-refractivity contribution in [1.82, 2.24) is 5.32 Å². The van der Waals surface area contributed by atoms with Gasteiger partial charge in [-0.3, -0.25) is 0 Å². The number of hydrogen-bond acceptors (Lipinski definition) is 3. The molecule has 1 aromatic rings. The number of phenols is 1. The summed E-state index contributed by atoms with van der Waals surface area (Å²) in [6, 6.07) is 4.06. The number of phenolic OH excluding ortho intramolecular Hbond substituents is 1. The van der Waals surface area contributed by atoms with E-state index >= 15 is 0 Å². The topological polar surface area (TPSA) is 41.5 Å². The Kier molecular flexibility index (Phi) is 4.90. The zero-order valence-corrected chi connectivity index (χ0v) is 10.6. The number of methoxy groups -OCH3 is 1. The highest BCUT2D eigenvalue weighted by molar-refractivity contribution is 6.32. The van der Waals surface area contributed by atoms with Crippen LogP contribution in [-0.2, 0) is 6.42 Å². The van der Waals surface area contributed by atoms with Gasteiger partial charge in [0.25, 0.3) is 0 Å². The van der Waals surface area contributed by atoms with Crippen LogP contribution in [0, 0.1) is 0 Å². The molecule has 4 heteroatoms. The molecule has 1 atom stereocenters. The van der Waals surface area contributed by atoms with Crippen molar-refractivity contribution in [2.45, 2.75) is 25.8 Å². The van der Waals surface area contributed by atoms with Gasteiger partial charge in [-0.05, 0) is 44.5 Å². The van der Waals surface area contributed by atoms with Crippen molar-refractivity contribution in [3.05, 3.63) is 22.7 Å². The number of nitrogens with one attached hydrogen (secondary N) is 1. The summed E-state index contributed by atoms with van der Waals surface area (Å²) in [7, 11) is 3.46. The van der Waals surface area contributed by atoms with Gasteiger partial charge < -0.3 is 15.2 Å². The van der Waals surface area contributed by atoms with Crippen LogP contribution in [0.25, 0.3) is 0 Å². The fourth-order valence-corrected chi connectivity index (χ4v) is 1.69. The number of ether oxygens (including phenoxy) is 1. The molecule has 0 aliphatic rings. The fraction of sp³-hybridized carbons (Fsp3) is 0.500. The van der Waals surface area contributed by atoms with Crippen molar-refractivity contribution in [1.29, 1.82) is 0 Å². The Morgan fingerprint density at radius 1 is 1.50 bits per heavy atom. The normalized spacial score (nSPS) is 12.5. The molecule has 90 valence electrons. The van der Waals surface area contributed by atoms with Crippen LogP contribution < -0.4 is 10.1 Å². The van der Waals surface area contributed by atoms with Gasteiger partial charge in [0, 0.05) is 6.04 Å². The van der Waals surface area contributed by atoms with E-state index in [4.69, 9.17) is 16.3 Å². The van der Waals surface area contributed by atoms with Gasteiger partial charge in [-0.2, -0.15) is 0 Å². The predicted octanol–water partition coefficient (Wildman–Crippen LogP) is 2.59. The van der Waals surface area contributed by atoms with Gasteiger partial charge in [0.1, 0.15) is 0 Å². The van der Waals surface area contributed by atoms with Crippen LogP contribution in [0.1, 0.15) is 18.9 Å². The maximum absolute atomic E-state index is 9.58. The summed E-state index contributed by atoms with van der Waals surface area (Å²) in [5.74, 6) is 0.439. The van der Waals surface area contributed by atoms with Crippen molar-refractivity contribution >= 4 is 11.6 Å². The average Bonchev–Trinajstić information content (AvgIpc) is 2.29. The molecule has 2 N–H and O–H groups in total. The Morgan fingerprint density at radius 2 is 2.19 bits per heavy atom. The second kappa shape index (κ2) is 5.97. The zero-order chi connectivity index (χ0) is 12.1. The van der Waals surface area contributed by atoms with E-state index in [1.165, 1.54) is 7.11 Å². The van der Waals surface area contributed by atoms with Crippen LogP contribution >= 0.6 is 11.6 Å². The second-order valence-electron chi connectivity index (χ2n) is 3.86. The quantitative estimate of drug-likeness (QED) is 0.835. The third kappa shape index (κ3) is 3.29. The van der Waals surface area contributed by atoms with Gasteiger partial charge in [-0.25, -0.2) is 0 Å². The minimum absolute atomic E-state index is 0.00887. The lowest BCUT2D eigenvalue weighted by atomic mass is 10.1. The van der Waals surface area contributed by atoms with Crippen LogP contribution in [0.2, 0.25) is 5.02 Å². The van der Waals surface area contributed by atoms with Gasteiger partial charge >= 0.3 is 0 Å². The van der Waals surface area contributed by atoms with E-state index in [9.17, 15) is 5.11 Å². The van der Waals surface area contributed by atoms with Gasteiger partial charge in [0.2, 0.25) is 0 Å². The molecular weight excluding hydrogens is 226 g/mol.